The molecule has 0 bridgehead atoms. The third-order valence-corrected chi connectivity index (χ3v) is 4.07. The highest BCUT2D eigenvalue weighted by atomic mass is 35.5. The molecule has 3 rings (SSSR count). The molecular weight excluding hydrogens is 281 g/mol. The lowest BCUT2D eigenvalue weighted by Crippen LogP contribution is -2.25. The third-order valence-electron chi connectivity index (χ3n) is 3.72. The van der Waals surface area contributed by atoms with Gasteiger partial charge in [-0.3, -0.25) is 0 Å². The number of halogens is 2. The Morgan fingerprint density at radius 2 is 2.35 bits per heavy atom. The Hall–Kier alpha value is -1.46. The first kappa shape index (κ1) is 13.5. The molecule has 2 heterocycles. The summed E-state index contributed by atoms with van der Waals surface area (Å²) in [6.45, 7) is 3.90. The maximum atomic E-state index is 13.0. The Labute approximate surface area is 121 Å². The van der Waals surface area contributed by atoms with E-state index in [1.54, 1.807) is 6.07 Å². The van der Waals surface area contributed by atoms with Gasteiger partial charge in [0.05, 0.1) is 5.41 Å². The van der Waals surface area contributed by atoms with Crippen molar-refractivity contribution in [1.82, 2.24) is 15.5 Å². The second kappa shape index (κ2) is 5.14. The molecule has 106 valence electrons. The van der Waals surface area contributed by atoms with Crippen molar-refractivity contribution in [2.45, 2.75) is 25.2 Å². The van der Waals surface area contributed by atoms with Crippen LogP contribution in [-0.2, 0) is 11.8 Å². The number of aromatic nitrogens is 2. The molecule has 0 amide bonds. The first-order valence-electron chi connectivity index (χ1n) is 6.54. The van der Waals surface area contributed by atoms with Crippen LogP contribution >= 0.6 is 11.6 Å². The summed E-state index contributed by atoms with van der Waals surface area (Å²) in [6, 6.07) is 4.32. The number of nitrogens with zero attached hydrogens (tertiary/aromatic N) is 2. The van der Waals surface area contributed by atoms with Gasteiger partial charge in [0, 0.05) is 18.0 Å². The molecule has 1 fully saturated rings. The molecule has 1 aromatic carbocycles. The first-order chi connectivity index (χ1) is 9.57. The number of rotatable bonds is 3. The van der Waals surface area contributed by atoms with E-state index in [9.17, 15) is 4.39 Å². The van der Waals surface area contributed by atoms with Gasteiger partial charge < -0.3 is 9.84 Å². The predicted molar refractivity (Wildman–Crippen MR) is 73.4 cm³/mol. The van der Waals surface area contributed by atoms with Crippen molar-refractivity contribution in [1.29, 1.82) is 0 Å². The second-order valence-electron chi connectivity index (χ2n) is 5.42. The van der Waals surface area contributed by atoms with Crippen LogP contribution < -0.4 is 5.32 Å². The van der Waals surface area contributed by atoms with Gasteiger partial charge in [-0.05, 0) is 37.6 Å². The Kier molecular flexibility index (Phi) is 3.48. The molecule has 1 unspecified atom stereocenters. The molecule has 1 aliphatic rings. The Balaban J connectivity index is 1.80. The van der Waals surface area contributed by atoms with Crippen LogP contribution in [0.3, 0.4) is 0 Å². The smallest absolute Gasteiger partial charge is 0.233 e. The van der Waals surface area contributed by atoms with Gasteiger partial charge in [-0.2, -0.15) is 4.98 Å². The average molecular weight is 296 g/mol. The van der Waals surface area contributed by atoms with E-state index in [1.807, 2.05) is 0 Å². The van der Waals surface area contributed by atoms with Crippen LogP contribution in [0.1, 0.15) is 30.6 Å². The fourth-order valence-electron chi connectivity index (χ4n) is 2.41. The fraction of sp³-hybridized carbons (Fsp3) is 0.429. The monoisotopic (exact) mass is 295 g/mol. The lowest BCUT2D eigenvalue weighted by atomic mass is 9.90. The van der Waals surface area contributed by atoms with E-state index in [4.69, 9.17) is 16.1 Å². The van der Waals surface area contributed by atoms with Crippen LogP contribution in [0.2, 0.25) is 5.02 Å². The Morgan fingerprint density at radius 1 is 1.50 bits per heavy atom. The molecule has 1 N–H and O–H groups in total. The second-order valence-corrected chi connectivity index (χ2v) is 5.82. The van der Waals surface area contributed by atoms with Crippen LogP contribution in [0.15, 0.2) is 22.7 Å². The maximum Gasteiger partial charge on any atom is 0.233 e. The Morgan fingerprint density at radius 3 is 3.05 bits per heavy atom. The van der Waals surface area contributed by atoms with Gasteiger partial charge in [0.2, 0.25) is 5.89 Å². The summed E-state index contributed by atoms with van der Waals surface area (Å²) in [4.78, 5) is 4.45. The van der Waals surface area contributed by atoms with Crippen molar-refractivity contribution >= 4 is 11.6 Å². The van der Waals surface area contributed by atoms with E-state index in [-0.39, 0.29) is 11.2 Å². The van der Waals surface area contributed by atoms with Crippen molar-refractivity contribution in [2.75, 3.05) is 13.1 Å². The minimum absolute atomic E-state index is 0.0994. The van der Waals surface area contributed by atoms with Gasteiger partial charge in [-0.1, -0.05) is 22.8 Å². The van der Waals surface area contributed by atoms with Crippen molar-refractivity contribution in [3.63, 3.8) is 0 Å². The molecule has 2 aromatic rings. The highest BCUT2D eigenvalue weighted by molar-refractivity contribution is 6.31. The molecule has 1 aromatic heterocycles. The van der Waals surface area contributed by atoms with E-state index in [0.29, 0.717) is 23.2 Å². The summed E-state index contributed by atoms with van der Waals surface area (Å²) in [5.41, 5.74) is 0.688. The quantitative estimate of drug-likeness (QED) is 0.946. The van der Waals surface area contributed by atoms with Gasteiger partial charge in [0.15, 0.2) is 5.82 Å². The van der Waals surface area contributed by atoms with Crippen molar-refractivity contribution in [2.24, 2.45) is 0 Å². The molecule has 0 radical (unpaired) electrons. The molecule has 0 aliphatic carbocycles. The molecule has 20 heavy (non-hydrogen) atoms. The number of hydrogen-bond donors (Lipinski definition) is 1. The first-order valence-corrected chi connectivity index (χ1v) is 6.92. The zero-order valence-electron chi connectivity index (χ0n) is 11.1. The minimum Gasteiger partial charge on any atom is -0.339 e. The van der Waals surface area contributed by atoms with E-state index >= 15 is 0 Å². The molecule has 0 saturated carbocycles. The standard InChI is InChI=1S/C14H15ClFN3O/c1-14(4-5-17-8-14)13-18-12(19-20-13)6-9-2-3-10(16)7-11(9)15/h2-3,7,17H,4-6,8H2,1H3. The number of hydrogen-bond acceptors (Lipinski definition) is 4. The van der Waals surface area contributed by atoms with Gasteiger partial charge in [-0.15, -0.1) is 0 Å². The van der Waals surface area contributed by atoms with Crippen molar-refractivity contribution < 1.29 is 8.91 Å². The van der Waals surface area contributed by atoms with Crippen LogP contribution in [0.4, 0.5) is 4.39 Å². The van der Waals surface area contributed by atoms with Gasteiger partial charge in [0.25, 0.3) is 0 Å². The molecule has 1 aliphatic heterocycles. The van der Waals surface area contributed by atoms with E-state index in [0.717, 1.165) is 25.1 Å². The zero-order chi connectivity index (χ0) is 14.2. The van der Waals surface area contributed by atoms with Crippen LogP contribution in [0.5, 0.6) is 0 Å². The lowest BCUT2D eigenvalue weighted by Gasteiger charge is -2.15. The number of nitrogens with one attached hydrogen (secondary N) is 1. The normalized spacial score (nSPS) is 22.4. The molecule has 6 heteroatoms. The van der Waals surface area contributed by atoms with Gasteiger partial charge in [-0.25, -0.2) is 4.39 Å². The lowest BCUT2D eigenvalue weighted by molar-refractivity contribution is 0.304. The highest BCUT2D eigenvalue weighted by Crippen LogP contribution is 2.29. The van der Waals surface area contributed by atoms with Crippen LogP contribution in [0.25, 0.3) is 0 Å². The summed E-state index contributed by atoms with van der Waals surface area (Å²) in [5, 5.41) is 7.67. The summed E-state index contributed by atoms with van der Waals surface area (Å²) in [5.74, 6) is 0.870. The summed E-state index contributed by atoms with van der Waals surface area (Å²) in [7, 11) is 0. The highest BCUT2D eigenvalue weighted by Gasteiger charge is 2.36. The van der Waals surface area contributed by atoms with E-state index in [2.05, 4.69) is 22.4 Å². The van der Waals surface area contributed by atoms with E-state index in [1.165, 1.54) is 12.1 Å². The number of benzene rings is 1. The fourth-order valence-corrected chi connectivity index (χ4v) is 2.64. The van der Waals surface area contributed by atoms with Crippen LogP contribution in [0, 0.1) is 5.82 Å². The summed E-state index contributed by atoms with van der Waals surface area (Å²) in [6.07, 6.45) is 1.41. The average Bonchev–Trinajstić information content (AvgIpc) is 3.03. The Bertz CT molecular complexity index is 623. The van der Waals surface area contributed by atoms with Crippen molar-refractivity contribution in [3.05, 3.63) is 46.3 Å². The third kappa shape index (κ3) is 2.55. The largest absolute Gasteiger partial charge is 0.339 e. The molecule has 1 saturated heterocycles. The van der Waals surface area contributed by atoms with Gasteiger partial charge >= 0.3 is 0 Å². The molecule has 4 nitrogen and oxygen atoms in total. The predicted octanol–water partition coefficient (Wildman–Crippen LogP) is 2.70. The minimum atomic E-state index is -0.350. The summed E-state index contributed by atoms with van der Waals surface area (Å²) < 4.78 is 18.4. The van der Waals surface area contributed by atoms with E-state index < -0.39 is 0 Å². The molecule has 0 spiro atoms. The summed E-state index contributed by atoms with van der Waals surface area (Å²) >= 11 is 6.00. The molecule has 1 atom stereocenters. The molecular formula is C14H15ClFN3O. The topological polar surface area (TPSA) is 51.0 Å². The van der Waals surface area contributed by atoms with Crippen molar-refractivity contribution in [3.8, 4) is 0 Å². The van der Waals surface area contributed by atoms with Crippen LogP contribution in [-0.4, -0.2) is 23.2 Å². The van der Waals surface area contributed by atoms with Gasteiger partial charge in [0.1, 0.15) is 5.82 Å². The zero-order valence-corrected chi connectivity index (χ0v) is 11.9. The SMILES string of the molecule is CC1(c2nc(Cc3ccc(F)cc3Cl)no2)CCNC1. The maximum absolute atomic E-state index is 13.0.